The van der Waals surface area contributed by atoms with E-state index in [2.05, 4.69) is 21.8 Å². The Morgan fingerprint density at radius 2 is 2.07 bits per heavy atom. The molecule has 1 atom stereocenters. The summed E-state index contributed by atoms with van der Waals surface area (Å²) >= 11 is 11.6. The second kappa shape index (κ2) is 4.64. The van der Waals surface area contributed by atoms with Crippen molar-refractivity contribution >= 4 is 23.2 Å². The summed E-state index contributed by atoms with van der Waals surface area (Å²) in [4.78, 5) is 10.6. The fourth-order valence-corrected chi connectivity index (χ4v) is 2.33. The van der Waals surface area contributed by atoms with E-state index in [0.29, 0.717) is 16.1 Å². The third kappa shape index (κ3) is 3.03. The van der Waals surface area contributed by atoms with Gasteiger partial charge in [-0.1, -0.05) is 30.1 Å². The van der Waals surface area contributed by atoms with Crippen molar-refractivity contribution in [3.05, 3.63) is 22.2 Å². The molecule has 0 radical (unpaired) electrons. The summed E-state index contributed by atoms with van der Waals surface area (Å²) in [6, 6.07) is 1.55. The van der Waals surface area contributed by atoms with Crippen LogP contribution in [0.25, 0.3) is 0 Å². The Kier molecular flexibility index (Phi) is 3.44. The zero-order valence-corrected chi connectivity index (χ0v) is 10.1. The highest BCUT2D eigenvalue weighted by atomic mass is 35.5. The first-order valence-corrected chi connectivity index (χ1v) is 5.80. The second-order valence-electron chi connectivity index (χ2n) is 4.06. The summed E-state index contributed by atoms with van der Waals surface area (Å²) in [5.41, 5.74) is 0. The first-order valence-electron chi connectivity index (χ1n) is 5.05. The van der Waals surface area contributed by atoms with Gasteiger partial charge in [0.05, 0.1) is 6.54 Å². The molecule has 3 nitrogen and oxygen atoms in total. The summed E-state index contributed by atoms with van der Waals surface area (Å²) in [5.74, 6) is 1.47. The van der Waals surface area contributed by atoms with E-state index in [4.69, 9.17) is 23.2 Å². The molecular weight excluding hydrogens is 233 g/mol. The average molecular weight is 246 g/mol. The van der Waals surface area contributed by atoms with Crippen LogP contribution in [0.5, 0.6) is 0 Å². The predicted molar refractivity (Wildman–Crippen MR) is 61.1 cm³/mol. The van der Waals surface area contributed by atoms with Gasteiger partial charge in [-0.05, 0) is 18.9 Å². The SMILES string of the molecule is CC1CCN(Cc2nc(Cl)cc(Cl)n2)C1. The molecule has 2 rings (SSSR count). The molecule has 0 amide bonds. The van der Waals surface area contributed by atoms with Gasteiger partial charge in [-0.2, -0.15) is 0 Å². The molecule has 1 unspecified atom stereocenters. The molecule has 0 N–H and O–H groups in total. The minimum absolute atomic E-state index is 0.414. The van der Waals surface area contributed by atoms with Crippen molar-refractivity contribution < 1.29 is 0 Å². The Balaban J connectivity index is 2.04. The number of nitrogens with zero attached hydrogens (tertiary/aromatic N) is 3. The highest BCUT2D eigenvalue weighted by molar-refractivity contribution is 6.33. The highest BCUT2D eigenvalue weighted by Crippen LogP contribution is 2.18. The van der Waals surface area contributed by atoms with Gasteiger partial charge in [-0.15, -0.1) is 0 Å². The molecule has 0 spiro atoms. The smallest absolute Gasteiger partial charge is 0.145 e. The van der Waals surface area contributed by atoms with Gasteiger partial charge < -0.3 is 0 Å². The lowest BCUT2D eigenvalue weighted by atomic mass is 10.2. The maximum Gasteiger partial charge on any atom is 0.145 e. The number of hydrogen-bond donors (Lipinski definition) is 0. The van der Waals surface area contributed by atoms with E-state index in [-0.39, 0.29) is 0 Å². The van der Waals surface area contributed by atoms with Gasteiger partial charge in [-0.25, -0.2) is 9.97 Å². The highest BCUT2D eigenvalue weighted by Gasteiger charge is 2.19. The number of halogens is 2. The standard InChI is InChI=1S/C10H13Cl2N3/c1-7-2-3-15(5-7)6-10-13-8(11)4-9(12)14-10/h4,7H,2-3,5-6H2,1H3. The van der Waals surface area contributed by atoms with Gasteiger partial charge in [0, 0.05) is 12.6 Å². The quantitative estimate of drug-likeness (QED) is 0.751. The number of aromatic nitrogens is 2. The summed E-state index contributed by atoms with van der Waals surface area (Å²) in [5, 5.41) is 0.828. The molecule has 1 aromatic rings. The van der Waals surface area contributed by atoms with E-state index in [1.54, 1.807) is 6.07 Å². The van der Waals surface area contributed by atoms with Crippen LogP contribution in [0.1, 0.15) is 19.2 Å². The van der Waals surface area contributed by atoms with Crippen molar-refractivity contribution in [1.29, 1.82) is 0 Å². The van der Waals surface area contributed by atoms with Crippen molar-refractivity contribution in [3.63, 3.8) is 0 Å². The van der Waals surface area contributed by atoms with Crippen LogP contribution >= 0.6 is 23.2 Å². The maximum absolute atomic E-state index is 5.81. The molecule has 1 aliphatic rings. The molecule has 2 heterocycles. The molecule has 0 bridgehead atoms. The number of hydrogen-bond acceptors (Lipinski definition) is 3. The first-order chi connectivity index (χ1) is 7.13. The van der Waals surface area contributed by atoms with Gasteiger partial charge in [0.25, 0.3) is 0 Å². The van der Waals surface area contributed by atoms with Gasteiger partial charge in [-0.3, -0.25) is 4.90 Å². The topological polar surface area (TPSA) is 29.0 Å². The Morgan fingerprint density at radius 1 is 1.40 bits per heavy atom. The molecule has 1 aromatic heterocycles. The Morgan fingerprint density at radius 3 is 2.60 bits per heavy atom. The van der Waals surface area contributed by atoms with Crippen molar-refractivity contribution in [2.45, 2.75) is 19.9 Å². The number of likely N-dealkylation sites (tertiary alicyclic amines) is 1. The van der Waals surface area contributed by atoms with Crippen LogP contribution in [-0.4, -0.2) is 28.0 Å². The Bertz CT molecular complexity index is 336. The molecule has 0 aliphatic carbocycles. The van der Waals surface area contributed by atoms with Gasteiger partial charge in [0.1, 0.15) is 16.1 Å². The lowest BCUT2D eigenvalue weighted by molar-refractivity contribution is 0.312. The van der Waals surface area contributed by atoms with Crippen LogP contribution in [0, 0.1) is 5.92 Å². The van der Waals surface area contributed by atoms with E-state index in [1.165, 1.54) is 6.42 Å². The zero-order valence-electron chi connectivity index (χ0n) is 8.58. The Labute approximate surface area is 99.4 Å². The van der Waals surface area contributed by atoms with Crippen LogP contribution in [-0.2, 0) is 6.54 Å². The fraction of sp³-hybridized carbons (Fsp3) is 0.600. The van der Waals surface area contributed by atoms with E-state index < -0.39 is 0 Å². The summed E-state index contributed by atoms with van der Waals surface area (Å²) in [7, 11) is 0. The van der Waals surface area contributed by atoms with E-state index >= 15 is 0 Å². The van der Waals surface area contributed by atoms with Gasteiger partial charge in [0.15, 0.2) is 0 Å². The van der Waals surface area contributed by atoms with Crippen LogP contribution in [0.4, 0.5) is 0 Å². The molecule has 82 valence electrons. The van der Waals surface area contributed by atoms with E-state index in [1.807, 2.05) is 0 Å². The normalized spacial score (nSPS) is 22.2. The molecule has 0 saturated carbocycles. The maximum atomic E-state index is 5.81. The van der Waals surface area contributed by atoms with E-state index in [0.717, 1.165) is 25.6 Å². The molecule has 0 aromatic carbocycles. The average Bonchev–Trinajstić information content (AvgIpc) is 2.49. The lowest BCUT2D eigenvalue weighted by Crippen LogP contribution is -2.21. The van der Waals surface area contributed by atoms with Crippen LogP contribution in [0.2, 0.25) is 10.3 Å². The lowest BCUT2D eigenvalue weighted by Gasteiger charge is -2.13. The summed E-state index contributed by atoms with van der Waals surface area (Å²) < 4.78 is 0. The van der Waals surface area contributed by atoms with Gasteiger partial charge in [0.2, 0.25) is 0 Å². The minimum Gasteiger partial charge on any atom is -0.296 e. The molecular formula is C10H13Cl2N3. The predicted octanol–water partition coefficient (Wildman–Crippen LogP) is 2.63. The Hall–Kier alpha value is -0.380. The van der Waals surface area contributed by atoms with Crippen molar-refractivity contribution in [2.24, 2.45) is 5.92 Å². The number of rotatable bonds is 2. The van der Waals surface area contributed by atoms with E-state index in [9.17, 15) is 0 Å². The second-order valence-corrected chi connectivity index (χ2v) is 4.83. The monoisotopic (exact) mass is 245 g/mol. The van der Waals surface area contributed by atoms with Crippen molar-refractivity contribution in [3.8, 4) is 0 Å². The third-order valence-corrected chi connectivity index (χ3v) is 2.97. The van der Waals surface area contributed by atoms with Crippen LogP contribution in [0.15, 0.2) is 6.07 Å². The van der Waals surface area contributed by atoms with Crippen molar-refractivity contribution in [1.82, 2.24) is 14.9 Å². The molecule has 1 aliphatic heterocycles. The molecule has 1 saturated heterocycles. The zero-order chi connectivity index (χ0) is 10.8. The van der Waals surface area contributed by atoms with Crippen LogP contribution in [0.3, 0.4) is 0 Å². The summed E-state index contributed by atoms with van der Waals surface area (Å²) in [6.07, 6.45) is 1.24. The van der Waals surface area contributed by atoms with Crippen LogP contribution < -0.4 is 0 Å². The minimum atomic E-state index is 0.414. The third-order valence-electron chi connectivity index (χ3n) is 2.58. The van der Waals surface area contributed by atoms with Crippen molar-refractivity contribution in [2.75, 3.05) is 13.1 Å². The molecule has 5 heteroatoms. The fourth-order valence-electron chi connectivity index (χ4n) is 1.88. The largest absolute Gasteiger partial charge is 0.296 e. The summed E-state index contributed by atoms with van der Waals surface area (Å²) in [6.45, 7) is 5.21. The van der Waals surface area contributed by atoms with Gasteiger partial charge >= 0.3 is 0 Å². The molecule has 1 fully saturated rings. The first kappa shape index (κ1) is 11.1. The molecule has 15 heavy (non-hydrogen) atoms.